The number of piperidine rings is 1. The number of rotatable bonds is 6. The van der Waals surface area contributed by atoms with Crippen molar-refractivity contribution in [2.45, 2.75) is 45.6 Å². The Bertz CT molecular complexity index is 889. The molecule has 1 saturated heterocycles. The molecule has 0 aromatic heterocycles. The highest BCUT2D eigenvalue weighted by Crippen LogP contribution is 2.23. The van der Waals surface area contributed by atoms with E-state index >= 15 is 0 Å². The van der Waals surface area contributed by atoms with Crippen molar-refractivity contribution in [3.8, 4) is 16.9 Å². The van der Waals surface area contributed by atoms with Gasteiger partial charge in [0.15, 0.2) is 6.61 Å². The maximum Gasteiger partial charge on any atom is 0.338 e. The predicted octanol–water partition coefficient (Wildman–Crippen LogP) is 4.23. The third kappa shape index (κ3) is 5.47. The fourth-order valence-corrected chi connectivity index (χ4v) is 3.73. The van der Waals surface area contributed by atoms with Crippen LogP contribution in [0, 0.1) is 0 Å². The van der Waals surface area contributed by atoms with Crippen LogP contribution in [-0.2, 0) is 14.3 Å². The van der Waals surface area contributed by atoms with Crippen molar-refractivity contribution in [1.29, 1.82) is 0 Å². The Kier molecular flexibility index (Phi) is 7.22. The van der Waals surface area contributed by atoms with Crippen LogP contribution < -0.4 is 4.74 Å². The molecule has 1 fully saturated rings. The summed E-state index contributed by atoms with van der Waals surface area (Å²) in [6.45, 7) is 3.94. The number of likely N-dealkylation sites (tertiary alicyclic amines) is 1. The number of nitrogens with zero attached hydrogens (tertiary/aromatic N) is 1. The maximum atomic E-state index is 12.5. The van der Waals surface area contributed by atoms with Crippen LogP contribution in [0.15, 0.2) is 48.5 Å². The van der Waals surface area contributed by atoms with Gasteiger partial charge in [0.1, 0.15) is 5.75 Å². The lowest BCUT2D eigenvalue weighted by molar-refractivity contribution is -0.138. The van der Waals surface area contributed by atoms with E-state index in [2.05, 4.69) is 6.92 Å². The molecule has 0 N–H and O–H groups in total. The summed E-state index contributed by atoms with van der Waals surface area (Å²) in [5.41, 5.74) is 2.24. The summed E-state index contributed by atoms with van der Waals surface area (Å²) in [5.74, 6) is -0.519. The highest BCUT2D eigenvalue weighted by molar-refractivity contribution is 5.92. The van der Waals surface area contributed by atoms with Crippen LogP contribution >= 0.6 is 0 Å². The van der Waals surface area contributed by atoms with Gasteiger partial charge in [-0.15, -0.1) is 0 Å². The Hall–Kier alpha value is -3.15. The largest absolute Gasteiger partial charge is 0.452 e. The molecule has 0 radical (unpaired) electrons. The summed E-state index contributed by atoms with van der Waals surface area (Å²) in [6.07, 6.45) is 4.07. The molecule has 0 saturated carbocycles. The predicted molar refractivity (Wildman–Crippen MR) is 113 cm³/mol. The summed E-state index contributed by atoms with van der Waals surface area (Å²) in [4.78, 5) is 37.6. The van der Waals surface area contributed by atoms with Crippen molar-refractivity contribution >= 4 is 17.8 Å². The molecule has 2 aromatic carbocycles. The Labute approximate surface area is 176 Å². The van der Waals surface area contributed by atoms with Gasteiger partial charge >= 0.3 is 11.9 Å². The zero-order valence-electron chi connectivity index (χ0n) is 17.4. The number of ether oxygens (including phenoxy) is 2. The van der Waals surface area contributed by atoms with E-state index in [1.807, 2.05) is 29.2 Å². The van der Waals surface area contributed by atoms with Gasteiger partial charge in [-0.3, -0.25) is 9.59 Å². The van der Waals surface area contributed by atoms with Crippen LogP contribution in [0.3, 0.4) is 0 Å². The van der Waals surface area contributed by atoms with Crippen molar-refractivity contribution in [2.75, 3.05) is 13.2 Å². The van der Waals surface area contributed by atoms with Crippen LogP contribution in [0.1, 0.15) is 49.9 Å². The van der Waals surface area contributed by atoms with E-state index in [-0.39, 0.29) is 24.5 Å². The quantitative estimate of drug-likeness (QED) is 0.527. The molecular weight excluding hydrogens is 382 g/mol. The Balaban J connectivity index is 1.57. The Morgan fingerprint density at radius 1 is 0.967 bits per heavy atom. The smallest absolute Gasteiger partial charge is 0.338 e. The van der Waals surface area contributed by atoms with Crippen molar-refractivity contribution in [3.63, 3.8) is 0 Å². The molecule has 158 valence electrons. The van der Waals surface area contributed by atoms with Gasteiger partial charge < -0.3 is 14.4 Å². The molecular formula is C24H27NO5. The van der Waals surface area contributed by atoms with E-state index in [0.717, 1.165) is 43.4 Å². The zero-order valence-corrected chi connectivity index (χ0v) is 17.4. The second-order valence-corrected chi connectivity index (χ2v) is 7.42. The lowest BCUT2D eigenvalue weighted by Crippen LogP contribution is -2.45. The average molecular weight is 409 g/mol. The lowest BCUT2D eigenvalue weighted by Gasteiger charge is -2.35. The number of benzene rings is 2. The van der Waals surface area contributed by atoms with Gasteiger partial charge in [0.05, 0.1) is 5.56 Å². The second-order valence-electron chi connectivity index (χ2n) is 7.42. The van der Waals surface area contributed by atoms with Crippen molar-refractivity contribution < 1.29 is 23.9 Å². The maximum absolute atomic E-state index is 12.5. The highest BCUT2D eigenvalue weighted by Gasteiger charge is 2.26. The first-order valence-electron chi connectivity index (χ1n) is 10.3. The molecule has 0 bridgehead atoms. The van der Waals surface area contributed by atoms with Gasteiger partial charge in [-0.1, -0.05) is 31.2 Å². The minimum absolute atomic E-state index is 0.126. The summed E-state index contributed by atoms with van der Waals surface area (Å²) in [5, 5.41) is 0. The molecule has 1 amide bonds. The highest BCUT2D eigenvalue weighted by atomic mass is 16.5. The van der Waals surface area contributed by atoms with E-state index in [0.29, 0.717) is 11.3 Å². The van der Waals surface area contributed by atoms with Crippen molar-refractivity contribution in [1.82, 2.24) is 4.90 Å². The molecule has 1 atom stereocenters. The number of carbonyl (C=O) groups is 3. The number of hydrogen-bond donors (Lipinski definition) is 0. The van der Waals surface area contributed by atoms with Gasteiger partial charge in [-0.2, -0.15) is 0 Å². The third-order valence-corrected chi connectivity index (χ3v) is 5.32. The third-order valence-electron chi connectivity index (χ3n) is 5.32. The van der Waals surface area contributed by atoms with Crippen LogP contribution in [-0.4, -0.2) is 41.9 Å². The summed E-state index contributed by atoms with van der Waals surface area (Å²) in [7, 11) is 0. The number of hydrogen-bond acceptors (Lipinski definition) is 5. The van der Waals surface area contributed by atoms with E-state index in [1.54, 1.807) is 24.3 Å². The van der Waals surface area contributed by atoms with E-state index in [9.17, 15) is 14.4 Å². The first kappa shape index (κ1) is 21.6. The Morgan fingerprint density at radius 3 is 2.20 bits per heavy atom. The van der Waals surface area contributed by atoms with Gasteiger partial charge in [-0.25, -0.2) is 4.79 Å². The van der Waals surface area contributed by atoms with Crippen LogP contribution in [0.2, 0.25) is 0 Å². The monoisotopic (exact) mass is 409 g/mol. The van der Waals surface area contributed by atoms with Gasteiger partial charge in [0.25, 0.3) is 5.91 Å². The minimum atomic E-state index is -0.509. The summed E-state index contributed by atoms with van der Waals surface area (Å²) < 4.78 is 10.3. The lowest BCUT2D eigenvalue weighted by atomic mass is 10.00. The molecule has 0 aliphatic carbocycles. The first-order chi connectivity index (χ1) is 14.5. The number of carbonyl (C=O) groups excluding carboxylic acids is 3. The van der Waals surface area contributed by atoms with Crippen LogP contribution in [0.25, 0.3) is 11.1 Å². The normalized spacial score (nSPS) is 16.1. The molecule has 2 aromatic rings. The van der Waals surface area contributed by atoms with Crippen LogP contribution in [0.4, 0.5) is 0 Å². The average Bonchev–Trinajstić information content (AvgIpc) is 2.77. The first-order valence-corrected chi connectivity index (χ1v) is 10.3. The van der Waals surface area contributed by atoms with Crippen molar-refractivity contribution in [2.24, 2.45) is 0 Å². The SMILES string of the molecule is CC[C@H]1CCCCN1C(=O)COC(=O)c1ccc(-c2ccc(OC(C)=O)cc2)cc1. The fraction of sp³-hybridized carbons (Fsp3) is 0.375. The molecule has 0 spiro atoms. The summed E-state index contributed by atoms with van der Waals surface area (Å²) in [6, 6.07) is 14.4. The molecule has 0 unspecified atom stereocenters. The standard InChI is InChI=1S/C24H27NO5/c1-3-21-6-4-5-15-25(21)23(27)16-29-24(28)20-9-7-18(8-10-20)19-11-13-22(14-12-19)30-17(2)26/h7-14,21H,3-6,15-16H2,1-2H3/t21-/m0/s1. The number of amides is 1. The zero-order chi connectivity index (χ0) is 21.5. The topological polar surface area (TPSA) is 72.9 Å². The molecule has 30 heavy (non-hydrogen) atoms. The van der Waals surface area contributed by atoms with E-state index < -0.39 is 5.97 Å². The van der Waals surface area contributed by atoms with Gasteiger partial charge in [-0.05, 0) is 61.1 Å². The molecule has 1 heterocycles. The van der Waals surface area contributed by atoms with E-state index in [4.69, 9.17) is 9.47 Å². The second kappa shape index (κ2) is 10.1. The van der Waals surface area contributed by atoms with E-state index in [1.165, 1.54) is 6.92 Å². The Morgan fingerprint density at radius 2 is 1.60 bits per heavy atom. The molecule has 3 rings (SSSR count). The van der Waals surface area contributed by atoms with Gasteiger partial charge in [0.2, 0.25) is 0 Å². The summed E-state index contributed by atoms with van der Waals surface area (Å²) >= 11 is 0. The molecule has 1 aliphatic heterocycles. The molecule has 6 nitrogen and oxygen atoms in total. The van der Waals surface area contributed by atoms with Crippen molar-refractivity contribution in [3.05, 3.63) is 54.1 Å². The fourth-order valence-electron chi connectivity index (χ4n) is 3.73. The molecule has 6 heteroatoms. The number of esters is 2. The molecule has 1 aliphatic rings. The minimum Gasteiger partial charge on any atom is -0.452 e. The van der Waals surface area contributed by atoms with Crippen LogP contribution in [0.5, 0.6) is 5.75 Å². The van der Waals surface area contributed by atoms with Gasteiger partial charge in [0, 0.05) is 19.5 Å².